The zero-order valence-corrected chi connectivity index (χ0v) is 19.8. The minimum Gasteiger partial charge on any atom is -0.492 e. The molecule has 0 aromatic heterocycles. The molecule has 1 N–H and O–H groups in total. The fraction of sp³-hybridized carbons (Fsp3) is 0.400. The Balaban J connectivity index is 1.42. The maximum absolute atomic E-state index is 13.2. The highest BCUT2D eigenvalue weighted by Crippen LogP contribution is 2.31. The summed E-state index contributed by atoms with van der Waals surface area (Å²) in [5.41, 5.74) is 2.98. The Morgan fingerprint density at radius 1 is 1.06 bits per heavy atom. The molecule has 0 saturated carbocycles. The monoisotopic (exact) mass is 469 g/mol. The molecule has 176 valence electrons. The van der Waals surface area contributed by atoms with E-state index in [-0.39, 0.29) is 17.3 Å². The molecule has 2 heterocycles. The third kappa shape index (κ3) is 5.63. The van der Waals surface area contributed by atoms with Crippen LogP contribution in [0.2, 0.25) is 0 Å². The highest BCUT2D eigenvalue weighted by molar-refractivity contribution is 7.89. The van der Waals surface area contributed by atoms with E-state index < -0.39 is 10.0 Å². The molecule has 0 spiro atoms. The zero-order chi connectivity index (χ0) is 23.3. The molecular formula is C25H31N3O4S. The fourth-order valence-corrected chi connectivity index (χ4v) is 5.98. The topological polar surface area (TPSA) is 79.0 Å². The van der Waals surface area contributed by atoms with Crippen LogP contribution in [0.3, 0.4) is 0 Å². The van der Waals surface area contributed by atoms with Gasteiger partial charge in [0.25, 0.3) is 0 Å². The number of anilines is 1. The van der Waals surface area contributed by atoms with Crippen LogP contribution in [0.25, 0.3) is 5.57 Å². The van der Waals surface area contributed by atoms with E-state index >= 15 is 0 Å². The average molecular weight is 470 g/mol. The van der Waals surface area contributed by atoms with Crippen LogP contribution in [0.4, 0.5) is 5.69 Å². The largest absolute Gasteiger partial charge is 0.492 e. The van der Waals surface area contributed by atoms with E-state index in [2.05, 4.69) is 28.4 Å². The third-order valence-electron chi connectivity index (χ3n) is 6.02. The van der Waals surface area contributed by atoms with Crippen LogP contribution < -0.4 is 10.1 Å². The summed E-state index contributed by atoms with van der Waals surface area (Å²) in [4.78, 5) is 14.9. The molecule has 2 aliphatic heterocycles. The second-order valence-electron chi connectivity index (χ2n) is 8.33. The number of carbonyl (C=O) groups excluding carboxylic acids is 1. The summed E-state index contributed by atoms with van der Waals surface area (Å²) in [6.07, 6.45) is 4.77. The zero-order valence-electron chi connectivity index (χ0n) is 19.0. The van der Waals surface area contributed by atoms with Crippen LogP contribution in [0.5, 0.6) is 5.75 Å². The Morgan fingerprint density at radius 2 is 1.82 bits per heavy atom. The van der Waals surface area contributed by atoms with Crippen molar-refractivity contribution >= 4 is 27.2 Å². The van der Waals surface area contributed by atoms with Gasteiger partial charge in [0.2, 0.25) is 15.9 Å². The first-order valence-electron chi connectivity index (χ1n) is 11.5. The number of ether oxygens (including phenoxy) is 1. The quantitative estimate of drug-likeness (QED) is 0.639. The standard InChI is InChI=1S/C25H31N3O4S/c1-2-32-23-11-10-22(18-24(23)33(30,31)28-14-6-7-15-28)26-25(29)19-27-16-12-21(13-17-27)20-8-4-3-5-9-20/h3-5,8-12,18H,2,6-7,13-17,19H2,1H3,(H,26,29). The maximum Gasteiger partial charge on any atom is 0.246 e. The molecule has 1 fully saturated rings. The number of amides is 1. The summed E-state index contributed by atoms with van der Waals surface area (Å²) in [7, 11) is -3.67. The molecule has 2 aromatic rings. The Bertz CT molecular complexity index is 1110. The second kappa shape index (κ2) is 10.5. The second-order valence-corrected chi connectivity index (χ2v) is 10.2. The number of hydrogen-bond donors (Lipinski definition) is 1. The normalized spacial score (nSPS) is 17.5. The van der Waals surface area contributed by atoms with E-state index in [0.717, 1.165) is 25.8 Å². The molecule has 1 amide bonds. The average Bonchev–Trinajstić information content (AvgIpc) is 3.37. The van der Waals surface area contributed by atoms with Gasteiger partial charge in [0, 0.05) is 31.9 Å². The van der Waals surface area contributed by atoms with E-state index in [0.29, 0.717) is 37.7 Å². The van der Waals surface area contributed by atoms with Gasteiger partial charge in [-0.05, 0) is 55.5 Å². The fourth-order valence-electron chi connectivity index (χ4n) is 4.30. The van der Waals surface area contributed by atoms with Crippen molar-refractivity contribution in [3.8, 4) is 5.75 Å². The van der Waals surface area contributed by atoms with Gasteiger partial charge in [0.1, 0.15) is 10.6 Å². The van der Waals surface area contributed by atoms with Crippen molar-refractivity contribution in [2.75, 3.05) is 44.6 Å². The SMILES string of the molecule is CCOc1ccc(NC(=O)CN2CC=C(c3ccccc3)CC2)cc1S(=O)(=O)N1CCCC1. The van der Waals surface area contributed by atoms with Crippen LogP contribution in [0, 0.1) is 0 Å². The highest BCUT2D eigenvalue weighted by atomic mass is 32.2. The maximum atomic E-state index is 13.2. The van der Waals surface area contributed by atoms with E-state index in [4.69, 9.17) is 4.74 Å². The number of sulfonamides is 1. The summed E-state index contributed by atoms with van der Waals surface area (Å²) in [5, 5.41) is 2.86. The molecule has 2 aliphatic rings. The minimum atomic E-state index is -3.67. The smallest absolute Gasteiger partial charge is 0.246 e. The van der Waals surface area contributed by atoms with Gasteiger partial charge in [0.05, 0.1) is 13.2 Å². The molecule has 2 aromatic carbocycles. The molecule has 8 heteroatoms. The molecule has 0 bridgehead atoms. The summed E-state index contributed by atoms with van der Waals surface area (Å²) in [6.45, 7) is 4.96. The third-order valence-corrected chi connectivity index (χ3v) is 7.94. The minimum absolute atomic E-state index is 0.109. The molecule has 7 nitrogen and oxygen atoms in total. The van der Waals surface area contributed by atoms with Crippen LogP contribution in [0.15, 0.2) is 59.5 Å². The van der Waals surface area contributed by atoms with Crippen molar-refractivity contribution < 1.29 is 17.9 Å². The van der Waals surface area contributed by atoms with Crippen molar-refractivity contribution in [3.05, 3.63) is 60.2 Å². The van der Waals surface area contributed by atoms with Crippen LogP contribution in [-0.4, -0.2) is 62.9 Å². The van der Waals surface area contributed by atoms with Gasteiger partial charge in [-0.1, -0.05) is 36.4 Å². The molecule has 4 rings (SSSR count). The van der Waals surface area contributed by atoms with E-state index in [1.807, 2.05) is 25.1 Å². The van der Waals surface area contributed by atoms with E-state index in [1.165, 1.54) is 21.5 Å². The Labute approximate surface area is 196 Å². The number of benzene rings is 2. The number of rotatable bonds is 8. The van der Waals surface area contributed by atoms with Gasteiger partial charge >= 0.3 is 0 Å². The van der Waals surface area contributed by atoms with E-state index in [9.17, 15) is 13.2 Å². The van der Waals surface area contributed by atoms with Crippen molar-refractivity contribution in [2.45, 2.75) is 31.1 Å². The Hall–Kier alpha value is -2.68. The molecular weight excluding hydrogens is 438 g/mol. The predicted molar refractivity (Wildman–Crippen MR) is 130 cm³/mol. The highest BCUT2D eigenvalue weighted by Gasteiger charge is 2.30. The van der Waals surface area contributed by atoms with Crippen LogP contribution in [-0.2, 0) is 14.8 Å². The van der Waals surface area contributed by atoms with Crippen molar-refractivity contribution in [2.24, 2.45) is 0 Å². The lowest BCUT2D eigenvalue weighted by Gasteiger charge is -2.26. The molecule has 0 unspecified atom stereocenters. The van der Waals surface area contributed by atoms with Gasteiger partial charge in [-0.25, -0.2) is 8.42 Å². The first-order chi connectivity index (χ1) is 16.0. The molecule has 0 atom stereocenters. The molecule has 0 radical (unpaired) electrons. The van der Waals surface area contributed by atoms with E-state index in [1.54, 1.807) is 12.1 Å². The van der Waals surface area contributed by atoms with Crippen molar-refractivity contribution in [3.63, 3.8) is 0 Å². The van der Waals surface area contributed by atoms with Crippen molar-refractivity contribution in [1.29, 1.82) is 0 Å². The lowest BCUT2D eigenvalue weighted by molar-refractivity contribution is -0.117. The number of hydrogen-bond acceptors (Lipinski definition) is 5. The van der Waals surface area contributed by atoms with Gasteiger partial charge in [-0.3, -0.25) is 9.69 Å². The van der Waals surface area contributed by atoms with Gasteiger partial charge in [0.15, 0.2) is 0 Å². The summed E-state index contributed by atoms with van der Waals surface area (Å²) in [6, 6.07) is 15.1. The van der Waals surface area contributed by atoms with Crippen LogP contribution in [0.1, 0.15) is 31.7 Å². The summed E-state index contributed by atoms with van der Waals surface area (Å²) in [5.74, 6) is 0.150. The lowest BCUT2D eigenvalue weighted by atomic mass is 10.00. The Morgan fingerprint density at radius 3 is 2.48 bits per heavy atom. The first-order valence-corrected chi connectivity index (χ1v) is 12.9. The Kier molecular flexibility index (Phi) is 7.47. The number of carbonyl (C=O) groups is 1. The van der Waals surface area contributed by atoms with Gasteiger partial charge < -0.3 is 10.1 Å². The van der Waals surface area contributed by atoms with Gasteiger partial charge in [-0.2, -0.15) is 4.31 Å². The summed E-state index contributed by atoms with van der Waals surface area (Å²) < 4.78 is 33.4. The number of nitrogens with one attached hydrogen (secondary N) is 1. The molecule has 0 aliphatic carbocycles. The summed E-state index contributed by atoms with van der Waals surface area (Å²) >= 11 is 0. The van der Waals surface area contributed by atoms with Crippen molar-refractivity contribution in [1.82, 2.24) is 9.21 Å². The molecule has 1 saturated heterocycles. The van der Waals surface area contributed by atoms with Crippen LogP contribution >= 0.6 is 0 Å². The number of nitrogens with zero attached hydrogens (tertiary/aromatic N) is 2. The van der Waals surface area contributed by atoms with Gasteiger partial charge in [-0.15, -0.1) is 0 Å². The molecule has 33 heavy (non-hydrogen) atoms. The lowest BCUT2D eigenvalue weighted by Crippen LogP contribution is -2.36. The predicted octanol–water partition coefficient (Wildman–Crippen LogP) is 3.60. The first kappa shape index (κ1) is 23.5.